The zero-order valence-corrected chi connectivity index (χ0v) is 10.4. The molecule has 0 amide bonds. The SMILES string of the molecule is [H-].[H-].[Mg+2].[Nd].[Tb].[Tm]. The monoisotopic (exact) mass is 496 g/mol. The molecule has 0 bridgehead atoms. The van der Waals surface area contributed by atoms with Gasteiger partial charge in [-0.25, -0.2) is 0 Å². The van der Waals surface area contributed by atoms with Crippen LogP contribution in [0, 0.1) is 116 Å². The molecule has 4 heavy (non-hydrogen) atoms. The summed E-state index contributed by atoms with van der Waals surface area (Å²) in [5.41, 5.74) is 0. The van der Waals surface area contributed by atoms with E-state index in [1.165, 1.54) is 0 Å². The maximum Gasteiger partial charge on any atom is 2.00 e. The first-order valence-electron chi connectivity index (χ1n) is 0. The summed E-state index contributed by atoms with van der Waals surface area (Å²) in [6.45, 7) is 0. The van der Waals surface area contributed by atoms with Crippen molar-refractivity contribution in [3.05, 3.63) is 0 Å². The first-order chi connectivity index (χ1) is 0. The summed E-state index contributed by atoms with van der Waals surface area (Å²) in [6, 6.07) is 0. The molecule has 0 aromatic heterocycles. The molecule has 0 N–H and O–H groups in total. The molecule has 0 aliphatic rings. The summed E-state index contributed by atoms with van der Waals surface area (Å²) in [4.78, 5) is 0. The molecule has 0 aromatic carbocycles. The predicted octanol–water partition coefficient (Wildman–Crippen LogP) is -0.156. The molecule has 0 saturated carbocycles. The van der Waals surface area contributed by atoms with Crippen LogP contribution in [-0.2, 0) is 0 Å². The van der Waals surface area contributed by atoms with Crippen LogP contribution < -0.4 is 0 Å². The van der Waals surface area contributed by atoms with Crippen molar-refractivity contribution in [2.45, 2.75) is 0 Å². The maximum absolute atomic E-state index is 0. The van der Waals surface area contributed by atoms with Crippen LogP contribution in [0.3, 0.4) is 0 Å². The maximum atomic E-state index is 0. The van der Waals surface area contributed by atoms with Crippen molar-refractivity contribution in [1.29, 1.82) is 0 Å². The minimum Gasteiger partial charge on any atom is -1.00 e. The molecule has 0 fully saturated rings. The summed E-state index contributed by atoms with van der Waals surface area (Å²) in [6.07, 6.45) is 0. The van der Waals surface area contributed by atoms with Gasteiger partial charge in [-0.1, -0.05) is 0 Å². The Hall–Kier alpha value is 4.64. The Balaban J connectivity index is 0. The zero-order chi connectivity index (χ0) is 0. The topological polar surface area (TPSA) is 0 Å². The Morgan fingerprint density at radius 2 is 1.25 bits per heavy atom. The second-order valence-electron chi connectivity index (χ2n) is 0. The van der Waals surface area contributed by atoms with Crippen LogP contribution >= 0.6 is 0 Å². The van der Waals surface area contributed by atoms with E-state index in [9.17, 15) is 0 Å². The van der Waals surface area contributed by atoms with E-state index in [0.29, 0.717) is 0 Å². The summed E-state index contributed by atoms with van der Waals surface area (Å²) in [7, 11) is 0. The summed E-state index contributed by atoms with van der Waals surface area (Å²) in [5.74, 6) is 0. The molecule has 0 rings (SSSR count). The molecule has 0 aliphatic carbocycles. The largest absolute Gasteiger partial charge is 2.00 e. The molecule has 0 heterocycles. The minimum atomic E-state index is 0. The first kappa shape index (κ1) is 23.4. The molecule has 0 unspecified atom stereocenters. The van der Waals surface area contributed by atoms with Crippen molar-refractivity contribution in [1.82, 2.24) is 0 Å². The molecular weight excluding hydrogens is 496 g/mol. The van der Waals surface area contributed by atoms with Crippen LogP contribution in [0.5, 0.6) is 0 Å². The molecule has 0 atom stereocenters. The van der Waals surface area contributed by atoms with Crippen LogP contribution in [0.15, 0.2) is 0 Å². The molecule has 0 aliphatic heterocycles. The fourth-order valence-corrected chi connectivity index (χ4v) is 0. The normalized spacial score (nSPS) is 0. The van der Waals surface area contributed by atoms with E-state index < -0.39 is 0 Å². The van der Waals surface area contributed by atoms with Crippen molar-refractivity contribution in [3.8, 4) is 0 Å². The third kappa shape index (κ3) is 9.81. The predicted molar refractivity (Wildman–Crippen MR) is 7.98 cm³/mol. The molecule has 0 saturated heterocycles. The van der Waals surface area contributed by atoms with Crippen molar-refractivity contribution < 1.29 is 119 Å². The summed E-state index contributed by atoms with van der Waals surface area (Å²) >= 11 is 0. The Bertz CT molecular complexity index is 13.5. The average molecular weight is 498 g/mol. The van der Waals surface area contributed by atoms with Crippen LogP contribution in [0.1, 0.15) is 2.85 Å². The van der Waals surface area contributed by atoms with Crippen molar-refractivity contribution in [3.63, 3.8) is 0 Å². The number of hydrogen-bond acceptors (Lipinski definition) is 0. The van der Waals surface area contributed by atoms with Gasteiger partial charge >= 0.3 is 23.1 Å². The Morgan fingerprint density at radius 3 is 1.25 bits per heavy atom. The van der Waals surface area contributed by atoms with Gasteiger partial charge in [-0.05, 0) is 0 Å². The Kier molecular flexibility index (Phi) is 91.6. The molecule has 0 nitrogen and oxygen atoms in total. The van der Waals surface area contributed by atoms with Gasteiger partial charge in [0.05, 0.1) is 0 Å². The van der Waals surface area contributed by atoms with Crippen LogP contribution in [0.25, 0.3) is 0 Å². The van der Waals surface area contributed by atoms with Gasteiger partial charge in [0.15, 0.2) is 0 Å². The van der Waals surface area contributed by atoms with E-state index >= 15 is 0 Å². The second-order valence-corrected chi connectivity index (χ2v) is 0. The minimum absolute atomic E-state index is 0. The second kappa shape index (κ2) is 15.6. The molecule has 0 aromatic rings. The Morgan fingerprint density at radius 1 is 1.25 bits per heavy atom. The Labute approximate surface area is 138 Å². The molecular formula is H2MgNdTbTm. The van der Waals surface area contributed by atoms with E-state index in [1.807, 2.05) is 0 Å². The van der Waals surface area contributed by atoms with Crippen molar-refractivity contribution in [2.24, 2.45) is 0 Å². The van der Waals surface area contributed by atoms with Crippen molar-refractivity contribution >= 4 is 23.1 Å². The summed E-state index contributed by atoms with van der Waals surface area (Å²) in [5, 5.41) is 0. The molecule has 2 radical (unpaired) electrons. The number of hydrogen-bond donors (Lipinski definition) is 0. The van der Waals surface area contributed by atoms with E-state index in [2.05, 4.69) is 0 Å². The van der Waals surface area contributed by atoms with Gasteiger partial charge in [0.25, 0.3) is 0 Å². The van der Waals surface area contributed by atoms with Gasteiger partial charge in [-0.2, -0.15) is 0 Å². The third-order valence-corrected chi connectivity index (χ3v) is 0. The van der Waals surface area contributed by atoms with Gasteiger partial charge in [0, 0.05) is 116 Å². The van der Waals surface area contributed by atoms with Crippen LogP contribution in [0.4, 0.5) is 0 Å². The van der Waals surface area contributed by atoms with E-state index in [0.717, 1.165) is 0 Å². The van der Waals surface area contributed by atoms with Crippen LogP contribution in [-0.4, -0.2) is 23.1 Å². The van der Waals surface area contributed by atoms with Gasteiger partial charge in [-0.3, -0.25) is 0 Å². The zero-order valence-electron chi connectivity index (χ0n) is 3.82. The molecule has 30 valence electrons. The fourth-order valence-electron chi connectivity index (χ4n) is 0. The van der Waals surface area contributed by atoms with Crippen molar-refractivity contribution in [2.75, 3.05) is 0 Å². The van der Waals surface area contributed by atoms with E-state index in [4.69, 9.17) is 0 Å². The summed E-state index contributed by atoms with van der Waals surface area (Å²) < 4.78 is 0. The molecule has 0 spiro atoms. The van der Waals surface area contributed by atoms with Gasteiger partial charge in [0.2, 0.25) is 0 Å². The van der Waals surface area contributed by atoms with E-state index in [-0.39, 0.29) is 142 Å². The standard InChI is InChI=1S/Mg.Nd.Tb.Tm.2H/q+2;;;;2*-1. The number of rotatable bonds is 0. The van der Waals surface area contributed by atoms with Gasteiger partial charge in [0.1, 0.15) is 0 Å². The van der Waals surface area contributed by atoms with E-state index in [1.54, 1.807) is 0 Å². The van der Waals surface area contributed by atoms with Gasteiger partial charge < -0.3 is 2.85 Å². The first-order valence-corrected chi connectivity index (χ1v) is 0. The fraction of sp³-hybridized carbons (Fsp3) is 0. The average Bonchev–Trinajstić information content (AvgIpc) is 0. The smallest absolute Gasteiger partial charge is 1.00 e. The molecule has 4 heteroatoms. The third-order valence-electron chi connectivity index (χ3n) is 0. The van der Waals surface area contributed by atoms with Crippen LogP contribution in [0.2, 0.25) is 0 Å². The quantitative estimate of drug-likeness (QED) is 0.408. The van der Waals surface area contributed by atoms with Gasteiger partial charge in [-0.15, -0.1) is 0 Å².